The minimum atomic E-state index is -2.64. The number of aryl methyl sites for hydroxylation is 1. The van der Waals surface area contributed by atoms with Crippen LogP contribution < -0.4 is 15.4 Å². The summed E-state index contributed by atoms with van der Waals surface area (Å²) in [4.78, 5) is 30.9. The lowest BCUT2D eigenvalue weighted by Crippen LogP contribution is -2.42. The van der Waals surface area contributed by atoms with Gasteiger partial charge in [-0.05, 0) is 57.5 Å². The molecule has 1 aliphatic rings. The number of amides is 2. The van der Waals surface area contributed by atoms with E-state index in [9.17, 15) is 24.0 Å². The first-order valence-electron chi connectivity index (χ1n) is 11.6. The summed E-state index contributed by atoms with van der Waals surface area (Å²) in [6, 6.07) is 9.63. The molecule has 200 valence electrons. The molecule has 4 N–H and O–H groups in total. The highest BCUT2D eigenvalue weighted by Crippen LogP contribution is 2.49. The van der Waals surface area contributed by atoms with Crippen molar-refractivity contribution >= 4 is 39.7 Å². The van der Waals surface area contributed by atoms with Gasteiger partial charge in [-0.3, -0.25) is 18.7 Å². The van der Waals surface area contributed by atoms with Crippen molar-refractivity contribution in [2.75, 3.05) is 16.8 Å². The zero-order valence-corrected chi connectivity index (χ0v) is 22.7. The number of ether oxygens (including phenoxy) is 1. The Kier molecular flexibility index (Phi) is 7.40. The van der Waals surface area contributed by atoms with Gasteiger partial charge in [-0.15, -0.1) is 5.10 Å². The molecule has 1 aliphatic heterocycles. The van der Waals surface area contributed by atoms with Crippen LogP contribution in [-0.2, 0) is 0 Å². The Morgan fingerprint density at radius 3 is 2.55 bits per heavy atom. The minimum absolute atomic E-state index is 0.0115. The molecule has 0 bridgehead atoms. The third kappa shape index (κ3) is 6.08. The van der Waals surface area contributed by atoms with E-state index >= 15 is 0 Å². The number of nitrogens with one attached hydrogen (secondary N) is 2. The molecule has 0 aliphatic carbocycles. The molecule has 1 saturated heterocycles. The highest BCUT2D eigenvalue weighted by atomic mass is 35.5. The van der Waals surface area contributed by atoms with E-state index in [0.717, 1.165) is 0 Å². The topological polar surface area (TPSA) is 162 Å². The molecule has 13 heteroatoms. The average Bonchev–Trinajstić information content (AvgIpc) is 3.21. The molecule has 1 aromatic carbocycles. The van der Waals surface area contributed by atoms with Crippen LogP contribution in [0, 0.1) is 18.3 Å². The zero-order valence-electron chi connectivity index (χ0n) is 21.1. The van der Waals surface area contributed by atoms with Gasteiger partial charge in [0.05, 0.1) is 39.4 Å². The Balaban J connectivity index is 1.72. The predicted molar refractivity (Wildman–Crippen MR) is 144 cm³/mol. The summed E-state index contributed by atoms with van der Waals surface area (Å²) in [7, 11) is -2.64. The number of anilines is 1. The van der Waals surface area contributed by atoms with E-state index in [1.54, 1.807) is 25.1 Å². The summed E-state index contributed by atoms with van der Waals surface area (Å²) >= 11 is 6.33. The van der Waals surface area contributed by atoms with E-state index in [1.807, 2.05) is 26.8 Å². The van der Waals surface area contributed by atoms with Gasteiger partial charge in [0.1, 0.15) is 11.8 Å². The van der Waals surface area contributed by atoms with Gasteiger partial charge in [-0.2, -0.15) is 15.9 Å². The van der Waals surface area contributed by atoms with Crippen molar-refractivity contribution < 1.29 is 23.4 Å². The van der Waals surface area contributed by atoms with Crippen LogP contribution in [0.25, 0.3) is 5.82 Å². The molecule has 0 unspecified atom stereocenters. The molecule has 2 aromatic heterocycles. The second-order valence-electron chi connectivity index (χ2n) is 9.95. The van der Waals surface area contributed by atoms with E-state index in [-0.39, 0.29) is 50.7 Å². The molecule has 0 atom stereocenters. The highest BCUT2D eigenvalue weighted by Gasteiger charge is 2.36. The van der Waals surface area contributed by atoms with Gasteiger partial charge in [0.15, 0.2) is 5.82 Å². The monoisotopic (exact) mass is 558 g/mol. The first-order chi connectivity index (χ1) is 17.8. The Hall–Kier alpha value is -3.63. The molecular weight excluding hydrogens is 532 g/mol. The number of hydrogen-bond acceptors (Lipinski definition) is 8. The molecule has 0 saturated carbocycles. The lowest BCUT2D eigenvalue weighted by Gasteiger charge is -2.45. The zero-order chi connectivity index (χ0) is 27.8. The summed E-state index contributed by atoms with van der Waals surface area (Å²) in [5.74, 6) is -0.703. The van der Waals surface area contributed by atoms with Crippen LogP contribution in [0.15, 0.2) is 36.5 Å². The van der Waals surface area contributed by atoms with Crippen molar-refractivity contribution in [2.24, 2.45) is 0 Å². The van der Waals surface area contributed by atoms with Gasteiger partial charge in [-0.1, -0.05) is 11.6 Å². The molecule has 3 aromatic rings. The van der Waals surface area contributed by atoms with Crippen LogP contribution in [0.5, 0.6) is 5.88 Å². The van der Waals surface area contributed by atoms with Crippen molar-refractivity contribution in [1.29, 1.82) is 5.26 Å². The third-order valence-electron chi connectivity index (χ3n) is 5.49. The van der Waals surface area contributed by atoms with E-state index in [4.69, 9.17) is 16.3 Å². The van der Waals surface area contributed by atoms with Crippen molar-refractivity contribution in [3.63, 3.8) is 0 Å². The number of halogens is 1. The summed E-state index contributed by atoms with van der Waals surface area (Å²) in [5.41, 5.74) is 0.590. The van der Waals surface area contributed by atoms with Crippen LogP contribution in [0.2, 0.25) is 5.02 Å². The second kappa shape index (κ2) is 10.3. The fourth-order valence-electron chi connectivity index (χ4n) is 3.84. The largest absolute Gasteiger partial charge is 0.470 e. The molecule has 38 heavy (non-hydrogen) atoms. The van der Waals surface area contributed by atoms with Crippen LogP contribution >= 0.6 is 22.2 Å². The average molecular weight is 559 g/mol. The number of hydrogen-bond donors (Lipinski definition) is 4. The molecule has 4 rings (SSSR count). The van der Waals surface area contributed by atoms with Crippen LogP contribution in [0.3, 0.4) is 0 Å². The summed E-state index contributed by atoms with van der Waals surface area (Å²) in [5, 5.41) is 19.6. The lowest BCUT2D eigenvalue weighted by molar-refractivity contribution is 0.0920. The fraction of sp³-hybridized carbons (Fsp3) is 0.320. The number of rotatable bonds is 6. The van der Waals surface area contributed by atoms with Crippen LogP contribution in [0.4, 0.5) is 5.69 Å². The van der Waals surface area contributed by atoms with Crippen LogP contribution in [0.1, 0.15) is 52.7 Å². The SMILES string of the molecule is Cc1cc(C#N)cc(C(=O)NC(C)(C)C)c1NC(=O)c1cc(OC2CS(O)(O)C2)nn1-c1ncccc1Cl. The molecule has 2 amide bonds. The maximum absolute atomic E-state index is 13.6. The van der Waals surface area contributed by atoms with Crippen molar-refractivity contribution in [3.05, 3.63) is 63.9 Å². The summed E-state index contributed by atoms with van der Waals surface area (Å²) in [6.45, 7) is 7.15. The fourth-order valence-corrected chi connectivity index (χ4v) is 5.27. The predicted octanol–water partition coefficient (Wildman–Crippen LogP) is 4.39. The van der Waals surface area contributed by atoms with Gasteiger partial charge in [0.25, 0.3) is 11.8 Å². The summed E-state index contributed by atoms with van der Waals surface area (Å²) in [6.07, 6.45) is 1.03. The number of aromatic nitrogens is 3. The van der Waals surface area contributed by atoms with Gasteiger partial charge in [0, 0.05) is 17.8 Å². The van der Waals surface area contributed by atoms with Gasteiger partial charge in [-0.25, -0.2) is 9.67 Å². The smallest absolute Gasteiger partial charge is 0.274 e. The standard InChI is InChI=1S/C25H27ClN6O5S/c1-14-8-15(11-27)9-17(23(33)30-25(2,3)4)21(14)29-24(34)19-10-20(37-16-12-38(35,36)13-16)31-32(19)22-18(26)6-5-7-28-22/h5-10,16,35-36H,12-13H2,1-4H3,(H,29,34)(H,30,33). The summed E-state index contributed by atoms with van der Waals surface area (Å²) < 4.78 is 26.3. The number of carbonyl (C=O) groups excluding carboxylic acids is 2. The molecule has 0 radical (unpaired) electrons. The first kappa shape index (κ1) is 27.4. The Labute approximate surface area is 226 Å². The van der Waals surface area contributed by atoms with Gasteiger partial charge < -0.3 is 15.4 Å². The van der Waals surface area contributed by atoms with Crippen LogP contribution in [-0.4, -0.2) is 58.8 Å². The molecule has 0 spiro atoms. The van der Waals surface area contributed by atoms with E-state index in [2.05, 4.69) is 20.7 Å². The third-order valence-corrected chi connectivity index (χ3v) is 7.59. The Morgan fingerprint density at radius 1 is 1.24 bits per heavy atom. The Morgan fingerprint density at radius 2 is 1.95 bits per heavy atom. The molecule has 11 nitrogen and oxygen atoms in total. The number of carbonyl (C=O) groups is 2. The van der Waals surface area contributed by atoms with Gasteiger partial charge in [0.2, 0.25) is 5.88 Å². The number of nitrogens with zero attached hydrogens (tertiary/aromatic N) is 4. The van der Waals surface area contributed by atoms with Gasteiger partial charge >= 0.3 is 0 Å². The molecule has 1 fully saturated rings. The van der Waals surface area contributed by atoms with Crippen molar-refractivity contribution in [3.8, 4) is 17.8 Å². The second-order valence-corrected chi connectivity index (χ2v) is 12.6. The molecule has 3 heterocycles. The maximum atomic E-state index is 13.6. The van der Waals surface area contributed by atoms with Crippen molar-refractivity contribution in [1.82, 2.24) is 20.1 Å². The lowest BCUT2D eigenvalue weighted by atomic mass is 10.0. The normalized spacial score (nSPS) is 15.6. The quantitative estimate of drug-likeness (QED) is 0.346. The maximum Gasteiger partial charge on any atom is 0.274 e. The first-order valence-corrected chi connectivity index (χ1v) is 13.8. The number of pyridine rings is 1. The van der Waals surface area contributed by atoms with E-state index in [0.29, 0.717) is 5.56 Å². The Bertz CT molecular complexity index is 1450. The minimum Gasteiger partial charge on any atom is -0.470 e. The number of benzene rings is 1. The van der Waals surface area contributed by atoms with E-state index in [1.165, 1.54) is 23.0 Å². The number of nitriles is 1. The van der Waals surface area contributed by atoms with E-state index < -0.39 is 34.0 Å². The molecular formula is C25H27ClN6O5S. The highest BCUT2D eigenvalue weighted by molar-refractivity contribution is 8.25. The van der Waals surface area contributed by atoms with Crippen molar-refractivity contribution in [2.45, 2.75) is 39.3 Å².